The number of nitro groups is 1. The van der Waals surface area contributed by atoms with Crippen LogP contribution in [0.5, 0.6) is 0 Å². The predicted octanol–water partition coefficient (Wildman–Crippen LogP) is 1.73. The van der Waals surface area contributed by atoms with Crippen LogP contribution in [-0.2, 0) is 14.8 Å². The third-order valence-corrected chi connectivity index (χ3v) is 5.80. The highest BCUT2D eigenvalue weighted by Gasteiger charge is 2.46. The number of carboxylic acids is 1. The van der Waals surface area contributed by atoms with E-state index in [-0.39, 0.29) is 24.5 Å². The molecule has 0 bridgehead atoms. The molecule has 1 aromatic rings. The molecule has 1 aliphatic rings. The minimum absolute atomic E-state index is 0.0190. The highest BCUT2D eigenvalue weighted by Crippen LogP contribution is 2.36. The second kappa shape index (κ2) is 5.49. The van der Waals surface area contributed by atoms with Crippen LogP contribution in [0.1, 0.15) is 13.3 Å². The summed E-state index contributed by atoms with van der Waals surface area (Å²) in [5.41, 5.74) is -1.80. The molecule has 0 aliphatic carbocycles. The molecule has 8 nitrogen and oxygen atoms in total. The number of carbonyl (C=O) groups is 1. The SMILES string of the molecule is CC1(C(=O)O)CCN(S(=O)(=O)c2cc(Cl)ccc2[N+](=O)[O-])C1. The summed E-state index contributed by atoms with van der Waals surface area (Å²) in [7, 11) is -4.20. The summed E-state index contributed by atoms with van der Waals surface area (Å²) in [5, 5.41) is 20.2. The minimum Gasteiger partial charge on any atom is -0.481 e. The highest BCUT2D eigenvalue weighted by molar-refractivity contribution is 7.89. The Morgan fingerprint density at radius 3 is 2.64 bits per heavy atom. The van der Waals surface area contributed by atoms with Gasteiger partial charge in [-0.15, -0.1) is 0 Å². The van der Waals surface area contributed by atoms with Gasteiger partial charge in [0.05, 0.1) is 10.3 Å². The first-order valence-corrected chi connectivity index (χ1v) is 8.07. The molecule has 0 radical (unpaired) electrons. The first kappa shape index (κ1) is 16.7. The van der Waals surface area contributed by atoms with Gasteiger partial charge >= 0.3 is 5.97 Å². The molecule has 1 N–H and O–H groups in total. The number of nitro benzene ring substituents is 1. The molecule has 1 aromatic carbocycles. The van der Waals surface area contributed by atoms with Crippen molar-refractivity contribution in [3.8, 4) is 0 Å². The van der Waals surface area contributed by atoms with Crippen molar-refractivity contribution >= 4 is 33.3 Å². The summed E-state index contributed by atoms with van der Waals surface area (Å²) in [6.45, 7) is 1.18. The van der Waals surface area contributed by atoms with E-state index in [1.165, 1.54) is 13.0 Å². The number of aliphatic carboxylic acids is 1. The zero-order valence-electron chi connectivity index (χ0n) is 11.5. The van der Waals surface area contributed by atoms with E-state index in [9.17, 15) is 23.3 Å². The summed E-state index contributed by atoms with van der Waals surface area (Å²) >= 11 is 5.74. The van der Waals surface area contributed by atoms with Crippen molar-refractivity contribution in [3.05, 3.63) is 33.3 Å². The molecule has 0 spiro atoms. The second-order valence-electron chi connectivity index (χ2n) is 5.32. The number of halogens is 1. The van der Waals surface area contributed by atoms with E-state index in [4.69, 9.17) is 16.7 Å². The van der Waals surface area contributed by atoms with Gasteiger partial charge in [0.25, 0.3) is 5.69 Å². The van der Waals surface area contributed by atoms with Gasteiger partial charge in [-0.25, -0.2) is 8.42 Å². The fourth-order valence-corrected chi connectivity index (χ4v) is 4.27. The van der Waals surface area contributed by atoms with E-state index in [1.807, 2.05) is 0 Å². The molecule has 1 atom stereocenters. The van der Waals surface area contributed by atoms with Crippen LogP contribution in [-0.4, -0.2) is 41.8 Å². The van der Waals surface area contributed by atoms with Crippen molar-refractivity contribution in [1.29, 1.82) is 0 Å². The van der Waals surface area contributed by atoms with Gasteiger partial charge in [-0.2, -0.15) is 4.31 Å². The lowest BCUT2D eigenvalue weighted by molar-refractivity contribution is -0.387. The van der Waals surface area contributed by atoms with Crippen LogP contribution in [0.4, 0.5) is 5.69 Å². The van der Waals surface area contributed by atoms with Gasteiger partial charge < -0.3 is 5.11 Å². The zero-order chi connectivity index (χ0) is 16.7. The maximum atomic E-state index is 12.6. The molecule has 22 heavy (non-hydrogen) atoms. The van der Waals surface area contributed by atoms with Crippen LogP contribution < -0.4 is 0 Å². The fraction of sp³-hybridized carbons (Fsp3) is 0.417. The highest BCUT2D eigenvalue weighted by atomic mass is 35.5. The monoisotopic (exact) mass is 348 g/mol. The summed E-state index contributed by atoms with van der Waals surface area (Å²) in [5.74, 6) is -1.11. The first-order chi connectivity index (χ1) is 10.1. The van der Waals surface area contributed by atoms with Crippen LogP contribution in [0.2, 0.25) is 5.02 Å². The molecule has 1 unspecified atom stereocenters. The Kier molecular flexibility index (Phi) is 4.16. The third kappa shape index (κ3) is 2.79. The number of nitrogens with zero attached hydrogens (tertiary/aromatic N) is 2. The normalized spacial score (nSPS) is 22.6. The predicted molar refractivity (Wildman–Crippen MR) is 77.2 cm³/mol. The van der Waals surface area contributed by atoms with Gasteiger partial charge in [-0.3, -0.25) is 14.9 Å². The van der Waals surface area contributed by atoms with Crippen molar-refractivity contribution in [2.75, 3.05) is 13.1 Å². The van der Waals surface area contributed by atoms with Crippen LogP contribution in [0.15, 0.2) is 23.1 Å². The molecule has 1 aliphatic heterocycles. The number of rotatable bonds is 4. The zero-order valence-corrected chi connectivity index (χ0v) is 13.1. The van der Waals surface area contributed by atoms with Crippen molar-refractivity contribution in [1.82, 2.24) is 4.31 Å². The average Bonchev–Trinajstić information content (AvgIpc) is 2.83. The number of carboxylic acid groups (broad SMARTS) is 1. The number of hydrogen-bond acceptors (Lipinski definition) is 5. The van der Waals surface area contributed by atoms with E-state index in [0.29, 0.717) is 0 Å². The Hall–Kier alpha value is -1.71. The topological polar surface area (TPSA) is 118 Å². The number of sulfonamides is 1. The summed E-state index contributed by atoms with van der Waals surface area (Å²) in [4.78, 5) is 20.9. The van der Waals surface area contributed by atoms with Crippen molar-refractivity contribution < 1.29 is 23.2 Å². The fourth-order valence-electron chi connectivity index (χ4n) is 2.28. The molecular weight excluding hydrogens is 336 g/mol. The van der Waals surface area contributed by atoms with Crippen molar-refractivity contribution in [2.24, 2.45) is 5.41 Å². The Labute approximate surface area is 131 Å². The van der Waals surface area contributed by atoms with E-state index >= 15 is 0 Å². The van der Waals surface area contributed by atoms with E-state index in [0.717, 1.165) is 16.4 Å². The molecule has 0 amide bonds. The maximum absolute atomic E-state index is 12.6. The van der Waals surface area contributed by atoms with Crippen LogP contribution >= 0.6 is 11.6 Å². The molecule has 120 valence electrons. The van der Waals surface area contributed by atoms with Gasteiger partial charge in [-0.1, -0.05) is 11.6 Å². The lowest BCUT2D eigenvalue weighted by atomic mass is 9.90. The van der Waals surface area contributed by atoms with Gasteiger partial charge in [0, 0.05) is 24.2 Å². The van der Waals surface area contributed by atoms with Gasteiger partial charge in [0.1, 0.15) is 0 Å². The lowest BCUT2D eigenvalue weighted by Crippen LogP contribution is -2.35. The minimum atomic E-state index is -4.20. The smallest absolute Gasteiger partial charge is 0.310 e. The molecule has 10 heteroatoms. The van der Waals surface area contributed by atoms with Gasteiger partial charge in [0.15, 0.2) is 4.90 Å². The summed E-state index contributed by atoms with van der Waals surface area (Å²) in [6, 6.07) is 3.25. The Morgan fingerprint density at radius 1 is 1.50 bits per heavy atom. The number of benzene rings is 1. The van der Waals surface area contributed by atoms with Crippen molar-refractivity contribution in [3.63, 3.8) is 0 Å². The van der Waals surface area contributed by atoms with E-state index in [2.05, 4.69) is 0 Å². The average molecular weight is 349 g/mol. The number of hydrogen-bond donors (Lipinski definition) is 1. The second-order valence-corrected chi connectivity index (χ2v) is 7.67. The molecule has 0 aromatic heterocycles. The van der Waals surface area contributed by atoms with E-state index in [1.54, 1.807) is 0 Å². The molecule has 1 saturated heterocycles. The summed E-state index contributed by atoms with van der Waals surface area (Å²) in [6.07, 6.45) is 0.135. The Morgan fingerprint density at radius 2 is 2.14 bits per heavy atom. The Bertz CT molecular complexity index is 750. The maximum Gasteiger partial charge on any atom is 0.310 e. The largest absolute Gasteiger partial charge is 0.481 e. The quantitative estimate of drug-likeness (QED) is 0.654. The van der Waals surface area contributed by atoms with Crippen molar-refractivity contribution in [2.45, 2.75) is 18.2 Å². The molecule has 1 heterocycles. The van der Waals surface area contributed by atoms with Crippen LogP contribution in [0, 0.1) is 15.5 Å². The molecule has 0 saturated carbocycles. The molecule has 2 rings (SSSR count). The van der Waals surface area contributed by atoms with E-state index < -0.39 is 36.9 Å². The van der Waals surface area contributed by atoms with Gasteiger partial charge in [-0.05, 0) is 25.5 Å². The first-order valence-electron chi connectivity index (χ1n) is 6.25. The molecule has 1 fully saturated rings. The standard InChI is InChI=1S/C12H13ClN2O6S/c1-12(11(16)17)4-5-14(7-12)22(20,21)10-6-8(13)2-3-9(10)15(18)19/h2-3,6H,4-5,7H2,1H3,(H,16,17). The molecular formula is C12H13ClN2O6S. The Balaban J connectivity index is 2.47. The van der Waals surface area contributed by atoms with Gasteiger partial charge in [0.2, 0.25) is 10.0 Å². The lowest BCUT2D eigenvalue weighted by Gasteiger charge is -2.20. The third-order valence-electron chi connectivity index (χ3n) is 3.69. The summed E-state index contributed by atoms with van der Waals surface area (Å²) < 4.78 is 26.1. The van der Waals surface area contributed by atoms with Crippen LogP contribution in [0.25, 0.3) is 0 Å². The van der Waals surface area contributed by atoms with Crippen LogP contribution in [0.3, 0.4) is 0 Å².